The van der Waals surface area contributed by atoms with Crippen LogP contribution in [0.25, 0.3) is 0 Å². The SMILES string of the molecule is CCc1cc(C(=O)N2CC[C@]3(OC)CC[C@H](OCCO)C[C@H]23)n[nH]1. The Morgan fingerprint density at radius 1 is 1.54 bits per heavy atom. The highest BCUT2D eigenvalue weighted by Gasteiger charge is 2.53. The molecule has 2 N–H and O–H groups in total. The maximum absolute atomic E-state index is 12.9. The largest absolute Gasteiger partial charge is 0.394 e. The minimum absolute atomic E-state index is 0.00535. The normalized spacial score (nSPS) is 29.7. The molecule has 2 fully saturated rings. The van der Waals surface area contributed by atoms with E-state index in [1.807, 2.05) is 17.9 Å². The Bertz CT molecular complexity index is 576. The number of rotatable bonds is 6. The molecule has 0 aromatic carbocycles. The molecule has 1 aliphatic heterocycles. The minimum atomic E-state index is -0.279. The molecule has 2 heterocycles. The Hall–Kier alpha value is -1.44. The Morgan fingerprint density at radius 2 is 2.38 bits per heavy atom. The number of nitrogens with zero attached hydrogens (tertiary/aromatic N) is 2. The Kier molecular flexibility index (Phi) is 5.22. The molecule has 7 heteroatoms. The maximum atomic E-state index is 12.9. The van der Waals surface area contributed by atoms with Crippen molar-refractivity contribution in [1.29, 1.82) is 0 Å². The number of amides is 1. The lowest BCUT2D eigenvalue weighted by atomic mass is 9.79. The monoisotopic (exact) mass is 337 g/mol. The second-order valence-corrected chi connectivity index (χ2v) is 6.66. The van der Waals surface area contributed by atoms with Gasteiger partial charge in [-0.05, 0) is 38.2 Å². The average Bonchev–Trinajstić information content (AvgIpc) is 3.24. The van der Waals surface area contributed by atoms with Gasteiger partial charge >= 0.3 is 0 Å². The van der Waals surface area contributed by atoms with E-state index in [2.05, 4.69) is 10.2 Å². The lowest BCUT2D eigenvalue weighted by Crippen LogP contribution is -2.53. The zero-order chi connectivity index (χ0) is 17.2. The van der Waals surface area contributed by atoms with E-state index in [1.54, 1.807) is 7.11 Å². The van der Waals surface area contributed by atoms with Gasteiger partial charge in [-0.2, -0.15) is 5.10 Å². The molecule has 2 aliphatic rings. The zero-order valence-electron chi connectivity index (χ0n) is 14.5. The van der Waals surface area contributed by atoms with Crippen molar-refractivity contribution >= 4 is 5.91 Å². The van der Waals surface area contributed by atoms with Gasteiger partial charge in [0.25, 0.3) is 5.91 Å². The summed E-state index contributed by atoms with van der Waals surface area (Å²) in [5, 5.41) is 16.0. The van der Waals surface area contributed by atoms with Gasteiger partial charge in [0, 0.05) is 19.3 Å². The third-order valence-corrected chi connectivity index (χ3v) is 5.48. The van der Waals surface area contributed by atoms with Crippen LogP contribution in [0.1, 0.15) is 48.8 Å². The predicted molar refractivity (Wildman–Crippen MR) is 87.8 cm³/mol. The summed E-state index contributed by atoms with van der Waals surface area (Å²) in [4.78, 5) is 14.8. The number of aromatic amines is 1. The zero-order valence-corrected chi connectivity index (χ0v) is 14.5. The molecule has 0 radical (unpaired) electrons. The van der Waals surface area contributed by atoms with Crippen LogP contribution in [0.2, 0.25) is 0 Å². The molecule has 3 atom stereocenters. The molecule has 1 amide bonds. The molecule has 0 spiro atoms. The average molecular weight is 337 g/mol. The molecule has 1 aliphatic carbocycles. The van der Waals surface area contributed by atoms with Crippen molar-refractivity contribution in [2.75, 3.05) is 26.9 Å². The van der Waals surface area contributed by atoms with Crippen LogP contribution in [-0.2, 0) is 15.9 Å². The van der Waals surface area contributed by atoms with E-state index in [9.17, 15) is 4.79 Å². The highest BCUT2D eigenvalue weighted by Crippen LogP contribution is 2.43. The quantitative estimate of drug-likeness (QED) is 0.812. The Balaban J connectivity index is 1.77. The summed E-state index contributed by atoms with van der Waals surface area (Å²) < 4.78 is 11.6. The van der Waals surface area contributed by atoms with Gasteiger partial charge in [0.05, 0.1) is 31.0 Å². The van der Waals surface area contributed by atoms with E-state index < -0.39 is 0 Å². The fourth-order valence-corrected chi connectivity index (χ4v) is 4.08. The number of methoxy groups -OCH3 is 1. The maximum Gasteiger partial charge on any atom is 0.274 e. The molecular weight excluding hydrogens is 310 g/mol. The number of aryl methyl sites for hydroxylation is 1. The van der Waals surface area contributed by atoms with Crippen LogP contribution in [0.3, 0.4) is 0 Å². The van der Waals surface area contributed by atoms with E-state index in [1.165, 1.54) is 0 Å². The van der Waals surface area contributed by atoms with Crippen LogP contribution >= 0.6 is 0 Å². The number of hydrogen-bond donors (Lipinski definition) is 2. The third kappa shape index (κ3) is 3.08. The lowest BCUT2D eigenvalue weighted by Gasteiger charge is -2.43. The van der Waals surface area contributed by atoms with Crippen molar-refractivity contribution < 1.29 is 19.4 Å². The first-order valence-corrected chi connectivity index (χ1v) is 8.76. The number of carbonyl (C=O) groups is 1. The van der Waals surface area contributed by atoms with E-state index in [0.29, 0.717) is 18.8 Å². The van der Waals surface area contributed by atoms with E-state index >= 15 is 0 Å². The van der Waals surface area contributed by atoms with Gasteiger partial charge in [0.15, 0.2) is 0 Å². The smallest absolute Gasteiger partial charge is 0.274 e. The van der Waals surface area contributed by atoms with E-state index in [4.69, 9.17) is 14.6 Å². The standard InChI is InChI=1S/C17H27N3O4/c1-3-12-10-14(19-18-12)16(22)20-7-6-17(23-2)5-4-13(11-15(17)20)24-9-8-21/h10,13,15,21H,3-9,11H2,1-2H3,(H,18,19)/t13-,15-,17+/m0/s1. The Labute approximate surface area is 142 Å². The Morgan fingerprint density at radius 3 is 3.04 bits per heavy atom. The molecule has 0 bridgehead atoms. The van der Waals surface area contributed by atoms with Gasteiger partial charge in [-0.15, -0.1) is 0 Å². The topological polar surface area (TPSA) is 87.7 Å². The van der Waals surface area contributed by atoms with Gasteiger partial charge in [0.1, 0.15) is 5.69 Å². The van der Waals surface area contributed by atoms with Crippen LogP contribution in [0, 0.1) is 0 Å². The van der Waals surface area contributed by atoms with Crippen LogP contribution in [-0.4, -0.2) is 70.7 Å². The van der Waals surface area contributed by atoms with Crippen molar-refractivity contribution in [3.05, 3.63) is 17.5 Å². The third-order valence-electron chi connectivity index (χ3n) is 5.48. The fourth-order valence-electron chi connectivity index (χ4n) is 4.08. The molecule has 1 saturated carbocycles. The summed E-state index contributed by atoms with van der Waals surface area (Å²) in [6.07, 6.45) is 4.23. The first kappa shape index (κ1) is 17.4. The number of ether oxygens (including phenoxy) is 2. The molecule has 0 unspecified atom stereocenters. The number of fused-ring (bicyclic) bond motifs is 1. The van der Waals surface area contributed by atoms with Gasteiger partial charge < -0.3 is 19.5 Å². The summed E-state index contributed by atoms with van der Waals surface area (Å²) >= 11 is 0. The summed E-state index contributed by atoms with van der Waals surface area (Å²) in [6.45, 7) is 3.06. The highest BCUT2D eigenvalue weighted by atomic mass is 16.5. The van der Waals surface area contributed by atoms with Gasteiger partial charge in [-0.25, -0.2) is 0 Å². The fraction of sp³-hybridized carbons (Fsp3) is 0.765. The van der Waals surface area contributed by atoms with Crippen LogP contribution in [0.15, 0.2) is 6.07 Å². The number of likely N-dealkylation sites (tertiary alicyclic amines) is 1. The van der Waals surface area contributed by atoms with Crippen molar-refractivity contribution in [2.24, 2.45) is 0 Å². The molecule has 24 heavy (non-hydrogen) atoms. The second-order valence-electron chi connectivity index (χ2n) is 6.66. The summed E-state index contributed by atoms with van der Waals surface area (Å²) in [6, 6.07) is 1.83. The molecule has 134 valence electrons. The van der Waals surface area contributed by atoms with Crippen molar-refractivity contribution in [3.63, 3.8) is 0 Å². The second kappa shape index (κ2) is 7.21. The summed E-state index contributed by atoms with van der Waals surface area (Å²) in [5.74, 6) is -0.0438. The number of aliphatic hydroxyl groups excluding tert-OH is 1. The van der Waals surface area contributed by atoms with Crippen LogP contribution < -0.4 is 0 Å². The number of aliphatic hydroxyl groups is 1. The van der Waals surface area contributed by atoms with Crippen LogP contribution in [0.4, 0.5) is 0 Å². The van der Waals surface area contributed by atoms with Crippen molar-refractivity contribution in [2.45, 2.75) is 56.8 Å². The molecule has 3 rings (SSSR count). The lowest BCUT2D eigenvalue weighted by molar-refractivity contribution is -0.0992. The number of carbonyl (C=O) groups excluding carboxylic acids is 1. The number of hydrogen-bond acceptors (Lipinski definition) is 5. The summed E-state index contributed by atoms with van der Waals surface area (Å²) in [5.41, 5.74) is 1.15. The van der Waals surface area contributed by atoms with Gasteiger partial charge in [0.2, 0.25) is 0 Å². The molecular formula is C17H27N3O4. The highest BCUT2D eigenvalue weighted by molar-refractivity contribution is 5.93. The van der Waals surface area contributed by atoms with Gasteiger partial charge in [-0.1, -0.05) is 6.92 Å². The van der Waals surface area contributed by atoms with Crippen molar-refractivity contribution in [3.8, 4) is 0 Å². The predicted octanol–water partition coefficient (Wildman–Crippen LogP) is 1.13. The molecule has 1 aromatic rings. The first-order valence-electron chi connectivity index (χ1n) is 8.76. The van der Waals surface area contributed by atoms with Crippen LogP contribution in [0.5, 0.6) is 0 Å². The van der Waals surface area contributed by atoms with E-state index in [-0.39, 0.29) is 30.3 Å². The first-order chi connectivity index (χ1) is 11.6. The number of aromatic nitrogens is 2. The van der Waals surface area contributed by atoms with Crippen molar-refractivity contribution in [1.82, 2.24) is 15.1 Å². The number of nitrogens with one attached hydrogen (secondary N) is 1. The van der Waals surface area contributed by atoms with E-state index in [0.717, 1.165) is 37.8 Å². The minimum Gasteiger partial charge on any atom is -0.394 e. The molecule has 1 saturated heterocycles. The number of H-pyrrole nitrogens is 1. The molecule has 7 nitrogen and oxygen atoms in total. The van der Waals surface area contributed by atoms with Gasteiger partial charge in [-0.3, -0.25) is 9.89 Å². The summed E-state index contributed by atoms with van der Waals surface area (Å²) in [7, 11) is 1.74. The molecule has 1 aromatic heterocycles.